The van der Waals surface area contributed by atoms with Crippen LogP contribution in [0.1, 0.15) is 45.2 Å². The van der Waals surface area contributed by atoms with Crippen LogP contribution in [0.15, 0.2) is 16.5 Å². The molecule has 0 aromatic carbocycles. The second-order valence-corrected chi connectivity index (χ2v) is 7.18. The quantitative estimate of drug-likeness (QED) is 0.263. The molecule has 0 aliphatic heterocycles. The second kappa shape index (κ2) is 9.53. The molecule has 0 saturated carbocycles. The molecule has 0 atom stereocenters. The van der Waals surface area contributed by atoms with Crippen LogP contribution in [0.3, 0.4) is 0 Å². The number of amides is 1. The molecule has 0 spiro atoms. The maximum atomic E-state index is 12.3. The Labute approximate surface area is 162 Å². The van der Waals surface area contributed by atoms with Crippen LogP contribution in [0.4, 0.5) is 5.88 Å². The summed E-state index contributed by atoms with van der Waals surface area (Å²) in [5.74, 6) is -1.95. The highest BCUT2D eigenvalue weighted by Gasteiger charge is 2.28. The average molecular weight is 398 g/mol. The lowest BCUT2D eigenvalue weighted by molar-refractivity contribution is -0.402. The summed E-state index contributed by atoms with van der Waals surface area (Å²) in [7, 11) is 0. The smallest absolute Gasteiger partial charge is 0.395 e. The number of hydroxylamine groups is 1. The molecule has 11 nitrogen and oxygen atoms in total. The zero-order valence-electron chi connectivity index (χ0n) is 16.6. The molecule has 1 heterocycles. The lowest BCUT2D eigenvalue weighted by Crippen LogP contribution is -2.52. The predicted molar refractivity (Wildman–Crippen MR) is 98.6 cm³/mol. The number of furan rings is 1. The summed E-state index contributed by atoms with van der Waals surface area (Å²) in [5, 5.41) is 15.9. The average Bonchev–Trinajstić information content (AvgIpc) is 3.09. The van der Waals surface area contributed by atoms with Crippen LogP contribution in [-0.4, -0.2) is 53.2 Å². The van der Waals surface area contributed by atoms with E-state index in [0.717, 1.165) is 12.1 Å². The number of Topliss-reactive ketones (excluding diaryl/α,β-unsaturated/α-hetero) is 2. The van der Waals surface area contributed by atoms with E-state index in [4.69, 9.17) is 9.25 Å². The van der Waals surface area contributed by atoms with Crippen molar-refractivity contribution in [2.75, 3.05) is 19.7 Å². The van der Waals surface area contributed by atoms with Gasteiger partial charge in [0.25, 0.3) is 5.91 Å². The summed E-state index contributed by atoms with van der Waals surface area (Å²) in [6, 6.07) is 2.21. The van der Waals surface area contributed by atoms with Gasteiger partial charge in [-0.25, -0.2) is 0 Å². The van der Waals surface area contributed by atoms with Crippen molar-refractivity contribution >= 4 is 23.4 Å². The minimum absolute atomic E-state index is 0.00593. The fraction of sp³-hybridized carbons (Fsp3) is 0.588. The number of nitrogens with zero attached hydrogens (tertiary/aromatic N) is 1. The molecule has 0 unspecified atom stereocenters. The lowest BCUT2D eigenvalue weighted by atomic mass is 10.0. The van der Waals surface area contributed by atoms with Crippen molar-refractivity contribution in [3.63, 3.8) is 0 Å². The number of carbonyl (C=O) groups is 3. The maximum absolute atomic E-state index is 12.3. The summed E-state index contributed by atoms with van der Waals surface area (Å²) >= 11 is 0. The van der Waals surface area contributed by atoms with Gasteiger partial charge < -0.3 is 15.1 Å². The molecular formula is C17H26N4O7. The molecule has 1 rings (SSSR count). The van der Waals surface area contributed by atoms with Gasteiger partial charge in [-0.15, -0.1) is 0 Å². The SMILES string of the molecule is CC(=O)C(C)(C)NCCONC(C)(C)C(=O)CNC(=O)c1ccc([N+](=O)[O-])o1. The first-order chi connectivity index (χ1) is 12.9. The van der Waals surface area contributed by atoms with Crippen LogP contribution in [0, 0.1) is 10.1 Å². The minimum atomic E-state index is -1.10. The first kappa shape index (κ1) is 23.4. The number of hydrogen-bond donors (Lipinski definition) is 3. The highest BCUT2D eigenvalue weighted by molar-refractivity contribution is 5.97. The Morgan fingerprint density at radius 3 is 2.36 bits per heavy atom. The molecule has 28 heavy (non-hydrogen) atoms. The lowest BCUT2D eigenvalue weighted by Gasteiger charge is -2.26. The molecule has 3 N–H and O–H groups in total. The van der Waals surface area contributed by atoms with Gasteiger partial charge in [-0.2, -0.15) is 5.48 Å². The highest BCUT2D eigenvalue weighted by atomic mass is 16.7. The third kappa shape index (κ3) is 6.83. The molecule has 0 bridgehead atoms. The van der Waals surface area contributed by atoms with Gasteiger partial charge in [0, 0.05) is 6.54 Å². The van der Waals surface area contributed by atoms with E-state index in [2.05, 4.69) is 16.1 Å². The fourth-order valence-electron chi connectivity index (χ4n) is 1.84. The van der Waals surface area contributed by atoms with Crippen molar-refractivity contribution in [2.45, 2.75) is 45.7 Å². The summed E-state index contributed by atoms with van der Waals surface area (Å²) in [6.07, 6.45) is 0. The number of ketones is 2. The molecule has 1 amide bonds. The Morgan fingerprint density at radius 1 is 1.18 bits per heavy atom. The van der Waals surface area contributed by atoms with Crippen LogP contribution in [0.2, 0.25) is 0 Å². The van der Waals surface area contributed by atoms with E-state index < -0.39 is 27.8 Å². The monoisotopic (exact) mass is 398 g/mol. The van der Waals surface area contributed by atoms with Gasteiger partial charge in [-0.05, 0) is 40.7 Å². The van der Waals surface area contributed by atoms with Gasteiger partial charge in [0.2, 0.25) is 0 Å². The fourth-order valence-corrected chi connectivity index (χ4v) is 1.84. The molecule has 0 aliphatic rings. The van der Waals surface area contributed by atoms with Gasteiger partial charge in [-0.1, -0.05) is 0 Å². The third-order valence-electron chi connectivity index (χ3n) is 4.08. The van der Waals surface area contributed by atoms with Gasteiger partial charge >= 0.3 is 5.88 Å². The maximum Gasteiger partial charge on any atom is 0.433 e. The molecular weight excluding hydrogens is 372 g/mol. The van der Waals surface area contributed by atoms with E-state index in [1.807, 2.05) is 0 Å². The molecule has 0 fully saturated rings. The second-order valence-electron chi connectivity index (χ2n) is 7.18. The minimum Gasteiger partial charge on any atom is -0.395 e. The first-order valence-electron chi connectivity index (χ1n) is 8.57. The molecule has 0 radical (unpaired) electrons. The summed E-state index contributed by atoms with van der Waals surface area (Å²) in [4.78, 5) is 50.6. The van der Waals surface area contributed by atoms with Crippen LogP contribution < -0.4 is 16.1 Å². The highest BCUT2D eigenvalue weighted by Crippen LogP contribution is 2.15. The van der Waals surface area contributed by atoms with E-state index in [9.17, 15) is 24.5 Å². The molecule has 1 aromatic rings. The number of nitrogens with one attached hydrogen (secondary N) is 3. The zero-order chi connectivity index (χ0) is 21.5. The first-order valence-corrected chi connectivity index (χ1v) is 8.57. The number of rotatable bonds is 12. The molecule has 156 valence electrons. The number of carbonyl (C=O) groups excluding carboxylic acids is 3. The van der Waals surface area contributed by atoms with Crippen molar-refractivity contribution < 1.29 is 28.6 Å². The van der Waals surface area contributed by atoms with E-state index in [1.165, 1.54) is 6.92 Å². The van der Waals surface area contributed by atoms with Crippen LogP contribution in [0.25, 0.3) is 0 Å². The van der Waals surface area contributed by atoms with Crippen molar-refractivity contribution in [2.24, 2.45) is 0 Å². The van der Waals surface area contributed by atoms with Crippen molar-refractivity contribution in [3.05, 3.63) is 28.0 Å². The van der Waals surface area contributed by atoms with E-state index in [0.29, 0.717) is 6.54 Å². The van der Waals surface area contributed by atoms with Crippen molar-refractivity contribution in [3.8, 4) is 0 Å². The summed E-state index contributed by atoms with van der Waals surface area (Å²) in [5.41, 5.74) is 0.853. The van der Waals surface area contributed by atoms with Crippen LogP contribution in [-0.2, 0) is 14.4 Å². The Hall–Kier alpha value is -2.63. The van der Waals surface area contributed by atoms with Gasteiger partial charge in [-0.3, -0.25) is 29.3 Å². The van der Waals surface area contributed by atoms with Crippen LogP contribution in [0.5, 0.6) is 0 Å². The Balaban J connectivity index is 2.40. The van der Waals surface area contributed by atoms with Crippen molar-refractivity contribution in [1.82, 2.24) is 16.1 Å². The number of hydrogen-bond acceptors (Lipinski definition) is 9. The Bertz CT molecular complexity index is 740. The molecule has 1 aromatic heterocycles. The van der Waals surface area contributed by atoms with Crippen LogP contribution >= 0.6 is 0 Å². The molecule has 11 heteroatoms. The van der Waals surface area contributed by atoms with Gasteiger partial charge in [0.15, 0.2) is 11.5 Å². The zero-order valence-corrected chi connectivity index (χ0v) is 16.6. The Morgan fingerprint density at radius 2 is 1.82 bits per heavy atom. The largest absolute Gasteiger partial charge is 0.433 e. The van der Waals surface area contributed by atoms with Gasteiger partial charge in [0.1, 0.15) is 10.7 Å². The number of nitro groups is 1. The molecule has 0 aliphatic carbocycles. The van der Waals surface area contributed by atoms with Gasteiger partial charge in [0.05, 0.1) is 30.3 Å². The predicted octanol–water partition coefficient (Wildman–Crippen LogP) is 0.744. The van der Waals surface area contributed by atoms with E-state index in [-0.39, 0.29) is 30.5 Å². The standard InChI is InChI=1S/C17H26N4O7/c1-11(22)16(2,3)19-8-9-27-20-17(4,5)13(23)10-18-15(24)12-6-7-14(28-12)21(25)26/h6-7,19-20H,8-10H2,1-5H3,(H,18,24). The normalized spacial score (nSPS) is 11.9. The summed E-state index contributed by atoms with van der Waals surface area (Å²) in [6.45, 7) is 8.42. The van der Waals surface area contributed by atoms with E-state index in [1.54, 1.807) is 27.7 Å². The van der Waals surface area contributed by atoms with E-state index >= 15 is 0 Å². The molecule has 0 saturated heterocycles. The summed E-state index contributed by atoms with van der Waals surface area (Å²) < 4.78 is 4.77. The third-order valence-corrected chi connectivity index (χ3v) is 4.08. The van der Waals surface area contributed by atoms with Crippen molar-refractivity contribution in [1.29, 1.82) is 0 Å². The topological polar surface area (TPSA) is 153 Å². The Kier molecular flexibility index (Phi) is 7.97.